The Labute approximate surface area is 223 Å². The monoisotopic (exact) mass is 526 g/mol. The van der Waals surface area contributed by atoms with Gasteiger partial charge in [-0.3, -0.25) is 9.52 Å². The van der Waals surface area contributed by atoms with Crippen molar-refractivity contribution in [2.24, 2.45) is 5.92 Å². The molecule has 2 heterocycles. The van der Waals surface area contributed by atoms with E-state index in [9.17, 15) is 13.2 Å². The molecule has 4 aromatic carbocycles. The van der Waals surface area contributed by atoms with Gasteiger partial charge in [0.15, 0.2) is 5.78 Å². The Morgan fingerprint density at radius 2 is 1.63 bits per heavy atom. The van der Waals surface area contributed by atoms with Crippen LogP contribution in [-0.4, -0.2) is 32.9 Å². The van der Waals surface area contributed by atoms with Crippen molar-refractivity contribution in [2.75, 3.05) is 17.8 Å². The molecule has 1 atom stereocenters. The van der Waals surface area contributed by atoms with E-state index >= 15 is 0 Å². The van der Waals surface area contributed by atoms with Gasteiger partial charge in [0.05, 0.1) is 16.4 Å². The first-order valence-corrected chi connectivity index (χ1v) is 14.6. The molecule has 1 spiro atoms. The summed E-state index contributed by atoms with van der Waals surface area (Å²) in [5.74, 6) is 0.229. The highest BCUT2D eigenvalue weighted by Gasteiger charge is 2.49. The minimum atomic E-state index is -3.78. The molecule has 38 heavy (non-hydrogen) atoms. The summed E-state index contributed by atoms with van der Waals surface area (Å²) in [5.41, 5.74) is 1.43. The summed E-state index contributed by atoms with van der Waals surface area (Å²) in [5, 5.41) is 5.79. The number of benzene rings is 4. The second kappa shape index (κ2) is 9.89. The largest absolute Gasteiger partial charge is 0.486 e. The predicted octanol–water partition coefficient (Wildman–Crippen LogP) is 5.59. The Kier molecular flexibility index (Phi) is 6.41. The molecule has 0 amide bonds. The number of hydrogen-bond donors (Lipinski definition) is 2. The SMILES string of the molecule is O=C1c2cc(NS(=O)(=O)c3ccccc3)ccc2OC2(CCNCC2)C1CCc1cccc2ccccc12. The Bertz CT molecular complexity index is 1590. The van der Waals surface area contributed by atoms with E-state index in [0.29, 0.717) is 23.4 Å². The third-order valence-corrected chi connectivity index (χ3v) is 9.24. The zero-order valence-electron chi connectivity index (χ0n) is 21.0. The third-order valence-electron chi connectivity index (χ3n) is 7.85. The van der Waals surface area contributed by atoms with Gasteiger partial charge in [-0.05, 0) is 72.6 Å². The fourth-order valence-electron chi connectivity index (χ4n) is 5.91. The molecule has 6 rings (SSSR count). The molecule has 0 saturated carbocycles. The number of sulfonamides is 1. The first-order valence-electron chi connectivity index (χ1n) is 13.1. The first kappa shape index (κ1) is 24.6. The molecule has 0 bridgehead atoms. The van der Waals surface area contributed by atoms with Crippen molar-refractivity contribution in [2.45, 2.75) is 36.2 Å². The summed E-state index contributed by atoms with van der Waals surface area (Å²) < 4.78 is 35.1. The number of aryl methyl sites for hydroxylation is 1. The van der Waals surface area contributed by atoms with Gasteiger partial charge in [-0.2, -0.15) is 0 Å². The second-order valence-electron chi connectivity index (χ2n) is 10.1. The minimum absolute atomic E-state index is 0.0224. The molecule has 2 aliphatic rings. The molecule has 6 nitrogen and oxygen atoms in total. The first-order chi connectivity index (χ1) is 18.5. The topological polar surface area (TPSA) is 84.5 Å². The van der Waals surface area contributed by atoms with E-state index in [0.717, 1.165) is 32.4 Å². The smallest absolute Gasteiger partial charge is 0.261 e. The molecule has 0 radical (unpaired) electrons. The maximum Gasteiger partial charge on any atom is 0.261 e. The standard InChI is InChI=1S/C31H30N2O4S/c34-30-27-21-24(33-38(35,36)25-10-2-1-3-11-25)14-16-29(27)37-31(17-19-32-20-18-31)28(30)15-13-23-9-6-8-22-7-4-5-12-26(22)23/h1-12,14,16,21,28,32-33H,13,15,17-20H2. The van der Waals surface area contributed by atoms with Crippen LogP contribution in [-0.2, 0) is 16.4 Å². The summed E-state index contributed by atoms with van der Waals surface area (Å²) in [6.07, 6.45) is 2.92. The lowest BCUT2D eigenvalue weighted by Crippen LogP contribution is -2.56. The van der Waals surface area contributed by atoms with Gasteiger partial charge in [-0.25, -0.2) is 8.42 Å². The maximum atomic E-state index is 14.1. The summed E-state index contributed by atoms with van der Waals surface area (Å²) >= 11 is 0. The van der Waals surface area contributed by atoms with Crippen molar-refractivity contribution in [1.29, 1.82) is 0 Å². The zero-order chi connectivity index (χ0) is 26.2. The van der Waals surface area contributed by atoms with Gasteiger partial charge in [-0.15, -0.1) is 0 Å². The summed E-state index contributed by atoms with van der Waals surface area (Å²) in [7, 11) is -3.78. The fourth-order valence-corrected chi connectivity index (χ4v) is 6.98. The highest BCUT2D eigenvalue weighted by molar-refractivity contribution is 7.92. The molecule has 0 aromatic heterocycles. The molecule has 2 N–H and O–H groups in total. The number of anilines is 1. The van der Waals surface area contributed by atoms with E-state index in [2.05, 4.69) is 40.4 Å². The van der Waals surface area contributed by atoms with Gasteiger partial charge < -0.3 is 10.1 Å². The van der Waals surface area contributed by atoms with Crippen LogP contribution in [0.25, 0.3) is 10.8 Å². The van der Waals surface area contributed by atoms with Crippen LogP contribution >= 0.6 is 0 Å². The molecular weight excluding hydrogens is 496 g/mol. The lowest BCUT2D eigenvalue weighted by atomic mass is 9.71. The Balaban J connectivity index is 1.32. The van der Waals surface area contributed by atoms with E-state index in [1.54, 1.807) is 48.5 Å². The highest BCUT2D eigenvalue weighted by Crippen LogP contribution is 2.45. The lowest BCUT2D eigenvalue weighted by molar-refractivity contribution is -0.0232. The molecule has 1 unspecified atom stereocenters. The maximum absolute atomic E-state index is 14.1. The number of fused-ring (bicyclic) bond motifs is 2. The molecule has 4 aromatic rings. The Morgan fingerprint density at radius 3 is 2.45 bits per heavy atom. The van der Waals surface area contributed by atoms with Gasteiger partial charge in [-0.1, -0.05) is 60.7 Å². The Morgan fingerprint density at radius 1 is 0.895 bits per heavy atom. The van der Waals surface area contributed by atoms with E-state index < -0.39 is 15.6 Å². The summed E-state index contributed by atoms with van der Waals surface area (Å²) in [4.78, 5) is 14.3. The number of hydrogen-bond acceptors (Lipinski definition) is 5. The van der Waals surface area contributed by atoms with Crippen LogP contribution in [0.4, 0.5) is 5.69 Å². The summed E-state index contributed by atoms with van der Waals surface area (Å²) in [6, 6.07) is 27.8. The van der Waals surface area contributed by atoms with Crippen molar-refractivity contribution in [3.8, 4) is 5.75 Å². The van der Waals surface area contributed by atoms with Gasteiger partial charge in [0.2, 0.25) is 0 Å². The third kappa shape index (κ3) is 4.57. The van der Waals surface area contributed by atoms with E-state index in [-0.39, 0.29) is 16.6 Å². The second-order valence-corrected chi connectivity index (χ2v) is 11.8. The van der Waals surface area contributed by atoms with Crippen LogP contribution in [0.2, 0.25) is 0 Å². The normalized spacial score (nSPS) is 18.6. The van der Waals surface area contributed by atoms with Gasteiger partial charge in [0, 0.05) is 18.5 Å². The Hall–Kier alpha value is -3.68. The number of carbonyl (C=O) groups excluding carboxylic acids is 1. The number of carbonyl (C=O) groups is 1. The predicted molar refractivity (Wildman–Crippen MR) is 149 cm³/mol. The number of rotatable bonds is 6. The average molecular weight is 527 g/mol. The highest BCUT2D eigenvalue weighted by atomic mass is 32.2. The van der Waals surface area contributed by atoms with Crippen LogP contribution in [0.15, 0.2) is 95.9 Å². The van der Waals surface area contributed by atoms with Crippen LogP contribution in [0.5, 0.6) is 5.75 Å². The number of Topliss-reactive ketones (excluding diaryl/α,β-unsaturated/α-hetero) is 1. The molecule has 0 aliphatic carbocycles. The number of ketones is 1. The number of ether oxygens (including phenoxy) is 1. The van der Waals surface area contributed by atoms with Crippen LogP contribution < -0.4 is 14.8 Å². The molecule has 194 valence electrons. The fraction of sp³-hybridized carbons (Fsp3) is 0.258. The van der Waals surface area contributed by atoms with Gasteiger partial charge >= 0.3 is 0 Å². The van der Waals surface area contributed by atoms with Crippen molar-refractivity contribution in [3.63, 3.8) is 0 Å². The molecule has 1 fully saturated rings. The zero-order valence-corrected chi connectivity index (χ0v) is 21.8. The van der Waals surface area contributed by atoms with Gasteiger partial charge in [0.1, 0.15) is 11.4 Å². The van der Waals surface area contributed by atoms with Crippen molar-refractivity contribution in [3.05, 3.63) is 102 Å². The van der Waals surface area contributed by atoms with Crippen LogP contribution in [0.3, 0.4) is 0 Å². The molecule has 7 heteroatoms. The lowest BCUT2D eigenvalue weighted by Gasteiger charge is -2.46. The number of nitrogens with one attached hydrogen (secondary N) is 2. The van der Waals surface area contributed by atoms with E-state index in [4.69, 9.17) is 4.74 Å². The van der Waals surface area contributed by atoms with Crippen molar-refractivity contribution >= 4 is 32.3 Å². The van der Waals surface area contributed by atoms with Crippen LogP contribution in [0.1, 0.15) is 35.2 Å². The minimum Gasteiger partial charge on any atom is -0.486 e. The molecular formula is C31H30N2O4S. The quantitative estimate of drug-likeness (QED) is 0.342. The molecule has 2 aliphatic heterocycles. The van der Waals surface area contributed by atoms with E-state index in [1.807, 2.05) is 12.1 Å². The van der Waals surface area contributed by atoms with E-state index in [1.165, 1.54) is 16.3 Å². The van der Waals surface area contributed by atoms with Crippen molar-refractivity contribution < 1.29 is 17.9 Å². The summed E-state index contributed by atoms with van der Waals surface area (Å²) in [6.45, 7) is 1.59. The number of piperidine rings is 1. The van der Waals surface area contributed by atoms with Crippen molar-refractivity contribution in [1.82, 2.24) is 5.32 Å². The molecule has 1 saturated heterocycles. The van der Waals surface area contributed by atoms with Gasteiger partial charge in [0.25, 0.3) is 10.0 Å². The average Bonchev–Trinajstić information content (AvgIpc) is 2.94. The van der Waals surface area contributed by atoms with Crippen LogP contribution in [0, 0.1) is 5.92 Å².